The molecular weight excluding hydrogens is 492 g/mol. The highest BCUT2D eigenvalue weighted by Crippen LogP contribution is 2.28. The number of rotatable bonds is 6. The molecule has 0 fully saturated rings. The Labute approximate surface area is 208 Å². The van der Waals surface area contributed by atoms with Gasteiger partial charge in [0, 0.05) is 10.7 Å². The predicted molar refractivity (Wildman–Crippen MR) is 134 cm³/mol. The summed E-state index contributed by atoms with van der Waals surface area (Å²) in [5.41, 5.74) is 1.03. The lowest BCUT2D eigenvalue weighted by Crippen LogP contribution is -2.28. The smallest absolute Gasteiger partial charge is 0.339 e. The van der Waals surface area contributed by atoms with Gasteiger partial charge in [0.05, 0.1) is 35.0 Å². The van der Waals surface area contributed by atoms with Gasteiger partial charge in [-0.15, -0.1) is 11.3 Å². The second-order valence-corrected chi connectivity index (χ2v) is 8.90. The fourth-order valence-electron chi connectivity index (χ4n) is 3.43. The molecule has 0 bridgehead atoms. The molecule has 0 saturated carbocycles. The molecule has 0 radical (unpaired) electrons. The molecule has 0 aliphatic rings. The number of hydrogen-bond donors (Lipinski definition) is 2. The molecular formula is C24H19ClN4O5S. The molecule has 2 amide bonds. The number of esters is 1. The summed E-state index contributed by atoms with van der Waals surface area (Å²) in [4.78, 5) is 55.5. The third kappa shape index (κ3) is 5.08. The van der Waals surface area contributed by atoms with Crippen LogP contribution in [0.2, 0.25) is 5.02 Å². The standard InChI is InChI=1S/C24H19ClN4O5S/c1-13-19-22(35-20(13)21(31)27-15-9-7-14(25)8-10-15)26-12-29(23(19)32)11-18(30)28-17-6-4-3-5-16(17)24(33)34-2/h3-10,12H,11H2,1-2H3,(H,27,31)(H,28,30). The van der Waals surface area contributed by atoms with Crippen LogP contribution in [0.25, 0.3) is 10.2 Å². The first-order valence-corrected chi connectivity index (χ1v) is 11.5. The van der Waals surface area contributed by atoms with E-state index >= 15 is 0 Å². The van der Waals surface area contributed by atoms with Crippen molar-refractivity contribution in [2.45, 2.75) is 13.5 Å². The maximum Gasteiger partial charge on any atom is 0.339 e. The van der Waals surface area contributed by atoms with E-state index in [9.17, 15) is 19.2 Å². The Morgan fingerprint density at radius 3 is 2.51 bits per heavy atom. The number of benzene rings is 2. The molecule has 0 atom stereocenters. The van der Waals surface area contributed by atoms with Gasteiger partial charge in [0.2, 0.25) is 5.91 Å². The van der Waals surface area contributed by atoms with Gasteiger partial charge >= 0.3 is 5.97 Å². The number of fused-ring (bicyclic) bond motifs is 1. The summed E-state index contributed by atoms with van der Waals surface area (Å²) in [5, 5.41) is 6.21. The number of ether oxygens (including phenoxy) is 1. The molecule has 2 aromatic carbocycles. The van der Waals surface area contributed by atoms with Gasteiger partial charge < -0.3 is 15.4 Å². The first kappa shape index (κ1) is 24.1. The lowest BCUT2D eigenvalue weighted by atomic mass is 10.2. The molecule has 0 aliphatic carbocycles. The number of aromatic nitrogens is 2. The molecule has 35 heavy (non-hydrogen) atoms. The highest BCUT2D eigenvalue weighted by Gasteiger charge is 2.21. The van der Waals surface area contributed by atoms with Crippen LogP contribution >= 0.6 is 22.9 Å². The first-order valence-electron chi connectivity index (χ1n) is 10.3. The topological polar surface area (TPSA) is 119 Å². The van der Waals surface area contributed by atoms with Crippen molar-refractivity contribution >= 4 is 62.3 Å². The first-order chi connectivity index (χ1) is 16.8. The number of amides is 2. The number of halogens is 1. The lowest BCUT2D eigenvalue weighted by Gasteiger charge is -2.10. The average molecular weight is 511 g/mol. The highest BCUT2D eigenvalue weighted by molar-refractivity contribution is 7.20. The number of hydrogen-bond acceptors (Lipinski definition) is 7. The zero-order valence-electron chi connectivity index (χ0n) is 18.6. The van der Waals surface area contributed by atoms with Crippen LogP contribution in [-0.4, -0.2) is 34.4 Å². The second-order valence-electron chi connectivity index (χ2n) is 7.46. The normalized spacial score (nSPS) is 10.7. The van der Waals surface area contributed by atoms with Gasteiger partial charge in [-0.25, -0.2) is 9.78 Å². The summed E-state index contributed by atoms with van der Waals surface area (Å²) in [6.45, 7) is 1.33. The van der Waals surface area contributed by atoms with E-state index in [0.29, 0.717) is 26.0 Å². The molecule has 2 aromatic heterocycles. The van der Waals surface area contributed by atoms with E-state index < -0.39 is 17.4 Å². The minimum absolute atomic E-state index is 0.189. The number of carbonyl (C=O) groups excluding carboxylic acids is 3. The largest absolute Gasteiger partial charge is 0.465 e. The van der Waals surface area contributed by atoms with E-state index in [4.69, 9.17) is 16.3 Å². The fraction of sp³-hybridized carbons (Fsp3) is 0.125. The molecule has 2 heterocycles. The van der Waals surface area contributed by atoms with Crippen molar-refractivity contribution in [3.8, 4) is 0 Å². The molecule has 0 saturated heterocycles. The van der Waals surface area contributed by atoms with E-state index in [1.165, 1.54) is 19.5 Å². The monoisotopic (exact) mass is 510 g/mol. The van der Waals surface area contributed by atoms with Crippen LogP contribution in [0.5, 0.6) is 0 Å². The predicted octanol–water partition coefficient (Wildman–Crippen LogP) is 4.10. The highest BCUT2D eigenvalue weighted by atomic mass is 35.5. The number of thiophene rings is 1. The quantitative estimate of drug-likeness (QED) is 0.377. The van der Waals surface area contributed by atoms with Gasteiger partial charge in [-0.1, -0.05) is 23.7 Å². The van der Waals surface area contributed by atoms with Crippen molar-refractivity contribution in [2.75, 3.05) is 17.7 Å². The van der Waals surface area contributed by atoms with Crippen LogP contribution in [0.1, 0.15) is 25.6 Å². The van der Waals surface area contributed by atoms with Gasteiger partial charge in [0.25, 0.3) is 11.5 Å². The zero-order chi connectivity index (χ0) is 25.1. The molecule has 9 nitrogen and oxygen atoms in total. The number of carbonyl (C=O) groups is 3. The number of anilines is 2. The van der Waals surface area contributed by atoms with Crippen molar-refractivity contribution in [2.24, 2.45) is 0 Å². The SMILES string of the molecule is COC(=O)c1ccccc1NC(=O)Cn1cnc2sc(C(=O)Nc3ccc(Cl)cc3)c(C)c2c1=O. The van der Waals surface area contributed by atoms with Gasteiger partial charge in [-0.05, 0) is 48.9 Å². The van der Waals surface area contributed by atoms with Gasteiger partial charge in [0.15, 0.2) is 0 Å². The Hall–Kier alpha value is -4.02. The van der Waals surface area contributed by atoms with E-state index in [0.717, 1.165) is 15.9 Å². The summed E-state index contributed by atoms with van der Waals surface area (Å²) in [7, 11) is 1.24. The van der Waals surface area contributed by atoms with Crippen LogP contribution in [-0.2, 0) is 16.1 Å². The summed E-state index contributed by atoms with van der Waals surface area (Å²) in [5.74, 6) is -1.51. The Balaban J connectivity index is 1.57. The molecule has 4 aromatic rings. The number of aryl methyl sites for hydroxylation is 1. The fourth-order valence-corrected chi connectivity index (χ4v) is 4.59. The maximum atomic E-state index is 13.1. The van der Waals surface area contributed by atoms with Crippen LogP contribution in [0.3, 0.4) is 0 Å². The Morgan fingerprint density at radius 1 is 1.09 bits per heavy atom. The maximum absolute atomic E-state index is 13.1. The Kier molecular flexibility index (Phi) is 6.94. The Bertz CT molecular complexity index is 1510. The van der Waals surface area contributed by atoms with Crippen LogP contribution in [0.4, 0.5) is 11.4 Å². The third-order valence-corrected chi connectivity index (χ3v) is 6.60. The van der Waals surface area contributed by atoms with E-state index in [2.05, 4.69) is 15.6 Å². The minimum Gasteiger partial charge on any atom is -0.465 e. The molecule has 0 spiro atoms. The van der Waals surface area contributed by atoms with Crippen LogP contribution < -0.4 is 16.2 Å². The van der Waals surface area contributed by atoms with Crippen molar-refractivity contribution < 1.29 is 19.1 Å². The average Bonchev–Trinajstić information content (AvgIpc) is 3.19. The third-order valence-electron chi connectivity index (χ3n) is 5.15. The van der Waals surface area contributed by atoms with Crippen LogP contribution in [0, 0.1) is 6.92 Å². The zero-order valence-corrected chi connectivity index (χ0v) is 20.2. The number of para-hydroxylation sites is 1. The van der Waals surface area contributed by atoms with Gasteiger partial charge in [-0.2, -0.15) is 0 Å². The van der Waals surface area contributed by atoms with Crippen molar-refractivity contribution in [3.63, 3.8) is 0 Å². The van der Waals surface area contributed by atoms with Crippen molar-refractivity contribution in [1.82, 2.24) is 9.55 Å². The van der Waals surface area contributed by atoms with E-state index in [1.54, 1.807) is 49.4 Å². The number of nitrogens with one attached hydrogen (secondary N) is 2. The van der Waals surface area contributed by atoms with E-state index in [-0.39, 0.29) is 29.1 Å². The van der Waals surface area contributed by atoms with Crippen molar-refractivity contribution in [1.29, 1.82) is 0 Å². The second kappa shape index (κ2) is 10.1. The summed E-state index contributed by atoms with van der Waals surface area (Å²) in [6, 6.07) is 13.0. The Morgan fingerprint density at radius 2 is 1.80 bits per heavy atom. The van der Waals surface area contributed by atoms with Crippen molar-refractivity contribution in [3.05, 3.63) is 86.2 Å². The summed E-state index contributed by atoms with van der Waals surface area (Å²) < 4.78 is 5.88. The minimum atomic E-state index is -0.598. The molecule has 4 rings (SSSR count). The number of nitrogens with zero attached hydrogens (tertiary/aromatic N) is 2. The molecule has 178 valence electrons. The summed E-state index contributed by atoms with van der Waals surface area (Å²) in [6.07, 6.45) is 1.26. The van der Waals surface area contributed by atoms with Gasteiger partial charge in [-0.3, -0.25) is 19.0 Å². The number of methoxy groups -OCH3 is 1. The molecule has 0 unspecified atom stereocenters. The summed E-state index contributed by atoms with van der Waals surface area (Å²) >= 11 is 6.97. The lowest BCUT2D eigenvalue weighted by molar-refractivity contribution is -0.116. The molecule has 2 N–H and O–H groups in total. The van der Waals surface area contributed by atoms with Crippen LogP contribution in [0.15, 0.2) is 59.7 Å². The van der Waals surface area contributed by atoms with E-state index in [1.807, 2.05) is 0 Å². The van der Waals surface area contributed by atoms with Gasteiger partial charge in [0.1, 0.15) is 11.4 Å². The molecule has 0 aliphatic heterocycles. The molecule has 11 heteroatoms.